The van der Waals surface area contributed by atoms with E-state index in [0.717, 1.165) is 49.1 Å². The van der Waals surface area contributed by atoms with Gasteiger partial charge in [-0.3, -0.25) is 9.99 Å². The Balaban J connectivity index is 1.69. The van der Waals surface area contributed by atoms with Gasteiger partial charge in [0.25, 0.3) is 7.44 Å². The number of quaternary nitrogens is 1. The molecule has 0 bridgehead atoms. The zero-order valence-corrected chi connectivity index (χ0v) is 19.4. The molecule has 3 saturated heterocycles. The maximum Gasteiger partial charge on any atom is 0.294 e. The van der Waals surface area contributed by atoms with Crippen molar-refractivity contribution in [3.8, 4) is 0 Å². The van der Waals surface area contributed by atoms with Crippen LogP contribution >= 0.6 is 7.44 Å². The van der Waals surface area contributed by atoms with Gasteiger partial charge in [-0.15, -0.1) is 0 Å². The average molecular weight is 428 g/mol. The molecule has 5 nitrogen and oxygen atoms in total. The normalized spacial score (nSPS) is 30.1. The lowest BCUT2D eigenvalue weighted by Crippen LogP contribution is -3.08. The van der Waals surface area contributed by atoms with Gasteiger partial charge in [-0.2, -0.15) is 0 Å². The third-order valence-corrected chi connectivity index (χ3v) is 10.2. The Morgan fingerprint density at radius 3 is 2.30 bits per heavy atom. The van der Waals surface area contributed by atoms with Crippen LogP contribution in [0.25, 0.3) is 0 Å². The van der Waals surface area contributed by atoms with E-state index in [4.69, 9.17) is 0 Å². The highest BCUT2D eigenvalue weighted by Crippen LogP contribution is 2.68. The number of hydrogen-bond donors (Lipinski definition) is 2. The van der Waals surface area contributed by atoms with Crippen LogP contribution in [0.5, 0.6) is 0 Å². The lowest BCUT2D eigenvalue weighted by molar-refractivity contribution is -0.849. The van der Waals surface area contributed by atoms with Crippen LogP contribution in [-0.2, 0) is 4.57 Å². The van der Waals surface area contributed by atoms with Gasteiger partial charge in [-0.05, 0) is 30.4 Å². The summed E-state index contributed by atoms with van der Waals surface area (Å²) in [6.07, 6.45) is 10.7. The van der Waals surface area contributed by atoms with Crippen molar-refractivity contribution in [3.05, 3.63) is 53.1 Å². The highest BCUT2D eigenvalue weighted by atomic mass is 31.2. The lowest BCUT2D eigenvalue weighted by atomic mass is 9.83. The minimum Gasteiger partial charge on any atom is -0.305 e. The van der Waals surface area contributed by atoms with Crippen LogP contribution in [0.2, 0.25) is 0 Å². The van der Waals surface area contributed by atoms with Crippen LogP contribution in [0.4, 0.5) is 5.69 Å². The van der Waals surface area contributed by atoms with E-state index in [1.165, 1.54) is 44.5 Å². The Kier molecular flexibility index (Phi) is 5.33. The molecule has 4 aliphatic rings. The van der Waals surface area contributed by atoms with Crippen molar-refractivity contribution in [1.82, 2.24) is 10.1 Å². The Labute approximate surface area is 181 Å². The second-order valence-electron chi connectivity index (χ2n) is 10.0. The average Bonchev–Trinajstić information content (AvgIpc) is 3.26. The molecule has 30 heavy (non-hydrogen) atoms. The Bertz CT molecular complexity index is 893. The van der Waals surface area contributed by atoms with E-state index >= 15 is 4.57 Å². The van der Waals surface area contributed by atoms with Crippen LogP contribution in [0.3, 0.4) is 0 Å². The van der Waals surface area contributed by atoms with Crippen molar-refractivity contribution < 1.29 is 9.46 Å². The van der Waals surface area contributed by atoms with Crippen LogP contribution in [0.15, 0.2) is 53.1 Å². The topological polar surface area (TPSA) is 40.0 Å². The predicted octanol–water partition coefficient (Wildman–Crippen LogP) is 4.28. The number of allylic oxidation sites excluding steroid dienone is 3. The van der Waals surface area contributed by atoms with Gasteiger partial charge in [0.2, 0.25) is 0 Å². The molecule has 0 radical (unpaired) electrons. The first-order valence-corrected chi connectivity index (χ1v) is 13.4. The van der Waals surface area contributed by atoms with Crippen LogP contribution in [-0.4, -0.2) is 30.8 Å². The van der Waals surface area contributed by atoms with Gasteiger partial charge in [0.15, 0.2) is 0 Å². The first-order chi connectivity index (χ1) is 14.5. The van der Waals surface area contributed by atoms with Crippen molar-refractivity contribution >= 4 is 13.1 Å². The van der Waals surface area contributed by atoms with Gasteiger partial charge in [0, 0.05) is 32.4 Å². The van der Waals surface area contributed by atoms with Crippen molar-refractivity contribution in [1.29, 1.82) is 0 Å². The molecule has 0 unspecified atom stereocenters. The summed E-state index contributed by atoms with van der Waals surface area (Å²) < 4.78 is 19.6. The van der Waals surface area contributed by atoms with E-state index in [9.17, 15) is 0 Å². The molecule has 3 heterocycles. The summed E-state index contributed by atoms with van der Waals surface area (Å²) in [6.45, 7) is 8.82. The Morgan fingerprint density at radius 2 is 1.63 bits per heavy atom. The number of para-hydroxylation sites is 1. The largest absolute Gasteiger partial charge is 0.305 e. The third kappa shape index (κ3) is 3.45. The number of anilines is 1. The number of hydrogen-bond acceptors (Lipinski definition) is 2. The Morgan fingerprint density at radius 1 is 0.967 bits per heavy atom. The minimum absolute atomic E-state index is 0.0765. The lowest BCUT2D eigenvalue weighted by Gasteiger charge is -2.36. The van der Waals surface area contributed by atoms with E-state index in [2.05, 4.69) is 42.2 Å². The van der Waals surface area contributed by atoms with E-state index in [0.29, 0.717) is 0 Å². The smallest absolute Gasteiger partial charge is 0.294 e. The molecule has 162 valence electrons. The molecule has 3 fully saturated rings. The SMILES string of the molecule is CC1(C)C=C2NN(c3ccccc3)[P@](=O)(N3CCCCCC3)C2=C([NH+]2CCCC2)C1. The third-order valence-electron chi connectivity index (χ3n) is 7.10. The van der Waals surface area contributed by atoms with E-state index in [-0.39, 0.29) is 5.41 Å². The van der Waals surface area contributed by atoms with Gasteiger partial charge < -0.3 is 4.90 Å². The fraction of sp³-hybridized carbons (Fsp3) is 0.583. The molecule has 1 atom stereocenters. The van der Waals surface area contributed by atoms with E-state index in [1.54, 1.807) is 4.90 Å². The number of hydrazine groups is 1. The van der Waals surface area contributed by atoms with E-state index in [1.807, 2.05) is 23.0 Å². The van der Waals surface area contributed by atoms with Crippen molar-refractivity contribution in [2.24, 2.45) is 5.41 Å². The zero-order chi connectivity index (χ0) is 20.8. The predicted molar refractivity (Wildman–Crippen MR) is 123 cm³/mol. The van der Waals surface area contributed by atoms with E-state index < -0.39 is 7.44 Å². The number of fused-ring (bicyclic) bond motifs is 1. The minimum atomic E-state index is -2.96. The second-order valence-corrected chi connectivity index (χ2v) is 12.5. The van der Waals surface area contributed by atoms with Gasteiger partial charge in [0.05, 0.1) is 24.5 Å². The molecule has 0 saturated carbocycles. The summed E-state index contributed by atoms with van der Waals surface area (Å²) in [5.41, 5.74) is 7.23. The molecule has 1 aromatic carbocycles. The molecular formula is C24H36N4OP+. The number of likely N-dealkylation sites (tertiary alicyclic amines) is 1. The van der Waals surface area contributed by atoms with Crippen LogP contribution in [0, 0.1) is 5.41 Å². The van der Waals surface area contributed by atoms with Crippen molar-refractivity contribution in [2.45, 2.75) is 58.8 Å². The molecule has 2 N–H and O–H groups in total. The molecular weight excluding hydrogens is 391 g/mol. The van der Waals surface area contributed by atoms with Gasteiger partial charge in [-0.1, -0.05) is 51.0 Å². The van der Waals surface area contributed by atoms with Crippen LogP contribution in [0.1, 0.15) is 58.8 Å². The highest BCUT2D eigenvalue weighted by Gasteiger charge is 2.54. The van der Waals surface area contributed by atoms with Gasteiger partial charge in [0.1, 0.15) is 11.0 Å². The van der Waals surface area contributed by atoms with Crippen LogP contribution < -0.4 is 15.1 Å². The fourth-order valence-corrected chi connectivity index (χ4v) is 8.96. The summed E-state index contributed by atoms with van der Waals surface area (Å²) >= 11 is 0. The molecule has 0 spiro atoms. The summed E-state index contributed by atoms with van der Waals surface area (Å²) in [7, 11) is -2.96. The summed E-state index contributed by atoms with van der Waals surface area (Å²) in [5, 5.41) is 1.13. The number of rotatable bonds is 3. The second kappa shape index (κ2) is 7.85. The molecule has 0 amide bonds. The molecule has 1 aromatic rings. The maximum absolute atomic E-state index is 15.3. The molecule has 5 rings (SSSR count). The first kappa shape index (κ1) is 20.4. The monoisotopic (exact) mass is 427 g/mol. The van der Waals surface area contributed by atoms with Gasteiger partial charge >= 0.3 is 0 Å². The summed E-state index contributed by atoms with van der Waals surface area (Å²) in [5.74, 6) is 0. The van der Waals surface area contributed by atoms with Crippen molar-refractivity contribution in [2.75, 3.05) is 31.0 Å². The standard InChI is InChI=1S/C24H35N4OP/c1-24(2)18-21-23(22(19-24)26-14-10-11-15-26)30(29,27-16-8-3-4-9-17-27)28(25-21)20-12-6-5-7-13-20/h5-7,12-13,18,25H,3-4,8-11,14-17,19H2,1-2H3/p+1/t30-/m1/s1. The number of nitrogens with one attached hydrogen (secondary N) is 2. The quantitative estimate of drug-likeness (QED) is 0.707. The maximum atomic E-state index is 15.3. The number of nitrogens with zero attached hydrogens (tertiary/aromatic N) is 2. The molecule has 0 aromatic heterocycles. The summed E-state index contributed by atoms with van der Waals surface area (Å²) in [6, 6.07) is 10.3. The first-order valence-electron chi connectivity index (χ1n) is 11.8. The highest BCUT2D eigenvalue weighted by molar-refractivity contribution is 7.68. The molecule has 3 aliphatic heterocycles. The van der Waals surface area contributed by atoms with Crippen molar-refractivity contribution in [3.63, 3.8) is 0 Å². The van der Waals surface area contributed by atoms with Gasteiger partial charge in [-0.25, -0.2) is 9.45 Å². The zero-order valence-electron chi connectivity index (χ0n) is 18.5. The molecule has 6 heteroatoms. The summed E-state index contributed by atoms with van der Waals surface area (Å²) in [4.78, 5) is 1.57. The number of benzene rings is 1. The Hall–Kier alpha value is -1.55. The molecule has 1 aliphatic carbocycles. The fourth-order valence-electron chi connectivity index (χ4n) is 5.69.